The van der Waals surface area contributed by atoms with Gasteiger partial charge in [0.05, 0.1) is 23.5 Å². The van der Waals surface area contributed by atoms with Crippen LogP contribution in [0.25, 0.3) is 0 Å². The number of ether oxygens (including phenoxy) is 1. The number of amides is 2. The number of carbonyl (C=O) groups excluding carboxylic acids is 2. The van der Waals surface area contributed by atoms with Gasteiger partial charge < -0.3 is 20.1 Å². The fraction of sp³-hybridized carbons (Fsp3) is 0.600. The molecule has 166 valence electrons. The van der Waals surface area contributed by atoms with Crippen LogP contribution in [-0.4, -0.2) is 75.6 Å². The van der Waals surface area contributed by atoms with Crippen molar-refractivity contribution in [2.45, 2.75) is 36.7 Å². The average Bonchev–Trinajstić information content (AvgIpc) is 3.18. The molecule has 0 bridgehead atoms. The van der Waals surface area contributed by atoms with Crippen molar-refractivity contribution < 1.29 is 27.9 Å². The summed E-state index contributed by atoms with van der Waals surface area (Å²) in [5, 5.41) is 12.3. The molecular formula is C20H29N3O6S. The molecule has 0 aromatic heterocycles. The molecule has 1 aromatic carbocycles. The zero-order chi connectivity index (χ0) is 21.7. The van der Waals surface area contributed by atoms with Gasteiger partial charge in [0.1, 0.15) is 0 Å². The van der Waals surface area contributed by atoms with Crippen LogP contribution in [0.3, 0.4) is 0 Å². The standard InChI is InChI=1S/C20H29N3O6S/c1-29-14-17(24)12-21-20(26)15-4-2-10-22(13-15)30(27,28)18-8-6-16(7-9-18)23-11-3-5-19(23)25/h6-9,15,17,24H,2-5,10-14H2,1H3,(H,21,26)/t15-,17-/m1/s1. The molecule has 2 saturated heterocycles. The number of nitrogens with zero attached hydrogens (tertiary/aromatic N) is 2. The number of methoxy groups -OCH3 is 1. The summed E-state index contributed by atoms with van der Waals surface area (Å²) >= 11 is 0. The third-order valence-corrected chi connectivity index (χ3v) is 7.36. The number of hydrogen-bond donors (Lipinski definition) is 2. The van der Waals surface area contributed by atoms with E-state index >= 15 is 0 Å². The Balaban J connectivity index is 1.64. The maximum absolute atomic E-state index is 13.1. The molecule has 1 aromatic rings. The molecule has 9 nitrogen and oxygen atoms in total. The molecule has 0 spiro atoms. The highest BCUT2D eigenvalue weighted by molar-refractivity contribution is 7.89. The van der Waals surface area contributed by atoms with Gasteiger partial charge in [-0.15, -0.1) is 0 Å². The van der Waals surface area contributed by atoms with Crippen molar-refractivity contribution in [3.8, 4) is 0 Å². The van der Waals surface area contributed by atoms with Crippen molar-refractivity contribution in [1.29, 1.82) is 0 Å². The molecule has 2 N–H and O–H groups in total. The van der Waals surface area contributed by atoms with Crippen molar-refractivity contribution >= 4 is 27.5 Å². The molecule has 0 saturated carbocycles. The number of carbonyl (C=O) groups is 2. The van der Waals surface area contributed by atoms with Crippen LogP contribution in [0.2, 0.25) is 0 Å². The summed E-state index contributed by atoms with van der Waals surface area (Å²) in [6.45, 7) is 1.27. The number of nitrogens with one attached hydrogen (secondary N) is 1. The van der Waals surface area contributed by atoms with Crippen LogP contribution in [0.4, 0.5) is 5.69 Å². The Hall–Kier alpha value is -2.01. The Morgan fingerprint density at radius 1 is 1.27 bits per heavy atom. The van der Waals surface area contributed by atoms with E-state index in [4.69, 9.17) is 4.74 Å². The van der Waals surface area contributed by atoms with Gasteiger partial charge in [-0.3, -0.25) is 9.59 Å². The van der Waals surface area contributed by atoms with Gasteiger partial charge >= 0.3 is 0 Å². The van der Waals surface area contributed by atoms with E-state index in [2.05, 4.69) is 5.32 Å². The minimum atomic E-state index is -3.74. The lowest BCUT2D eigenvalue weighted by atomic mass is 9.99. The van der Waals surface area contributed by atoms with E-state index in [-0.39, 0.29) is 36.4 Å². The molecule has 3 rings (SSSR count). The van der Waals surface area contributed by atoms with Crippen LogP contribution in [0.15, 0.2) is 29.2 Å². The molecule has 0 unspecified atom stereocenters. The van der Waals surface area contributed by atoms with Gasteiger partial charge in [0.2, 0.25) is 21.8 Å². The topological polar surface area (TPSA) is 116 Å². The summed E-state index contributed by atoms with van der Waals surface area (Å²) in [6, 6.07) is 6.34. The van der Waals surface area contributed by atoms with Crippen LogP contribution in [0.5, 0.6) is 0 Å². The largest absolute Gasteiger partial charge is 0.389 e. The third-order valence-electron chi connectivity index (χ3n) is 5.49. The normalized spacial score (nSPS) is 21.6. The van der Waals surface area contributed by atoms with Crippen molar-refractivity contribution in [2.75, 3.05) is 44.8 Å². The second kappa shape index (κ2) is 9.86. The summed E-state index contributed by atoms with van der Waals surface area (Å²) < 4.78 is 32.3. The summed E-state index contributed by atoms with van der Waals surface area (Å²) in [7, 11) is -2.28. The van der Waals surface area contributed by atoms with Gasteiger partial charge in [-0.05, 0) is 43.5 Å². The average molecular weight is 440 g/mol. The Kier molecular flexibility index (Phi) is 7.45. The van der Waals surface area contributed by atoms with Crippen LogP contribution < -0.4 is 10.2 Å². The Bertz CT molecular complexity index is 858. The molecule has 2 aliphatic heterocycles. The van der Waals surface area contributed by atoms with E-state index in [1.54, 1.807) is 17.0 Å². The smallest absolute Gasteiger partial charge is 0.243 e. The first-order valence-corrected chi connectivity index (χ1v) is 11.6. The monoisotopic (exact) mass is 439 g/mol. The van der Waals surface area contributed by atoms with Crippen LogP contribution in [-0.2, 0) is 24.3 Å². The summed E-state index contributed by atoms with van der Waals surface area (Å²) in [4.78, 5) is 26.1. The van der Waals surface area contributed by atoms with Gasteiger partial charge in [0.15, 0.2) is 0 Å². The third kappa shape index (κ3) is 5.18. The van der Waals surface area contributed by atoms with Crippen LogP contribution in [0.1, 0.15) is 25.7 Å². The van der Waals surface area contributed by atoms with Crippen LogP contribution >= 0.6 is 0 Å². The number of aliphatic hydroxyl groups excluding tert-OH is 1. The Morgan fingerprint density at radius 3 is 2.63 bits per heavy atom. The van der Waals surface area contributed by atoms with Crippen molar-refractivity contribution in [1.82, 2.24) is 9.62 Å². The van der Waals surface area contributed by atoms with Gasteiger partial charge in [0.25, 0.3) is 0 Å². The highest BCUT2D eigenvalue weighted by Gasteiger charge is 2.33. The molecule has 0 aliphatic carbocycles. The predicted octanol–water partition coefficient (Wildman–Crippen LogP) is 0.338. The minimum absolute atomic E-state index is 0.0473. The van der Waals surface area contributed by atoms with Gasteiger partial charge in [-0.25, -0.2) is 8.42 Å². The van der Waals surface area contributed by atoms with Crippen molar-refractivity contribution in [2.24, 2.45) is 5.92 Å². The van der Waals surface area contributed by atoms with E-state index in [1.807, 2.05) is 0 Å². The van der Waals surface area contributed by atoms with Gasteiger partial charge in [-0.2, -0.15) is 4.31 Å². The van der Waals surface area contributed by atoms with E-state index in [0.717, 1.165) is 6.42 Å². The predicted molar refractivity (Wildman–Crippen MR) is 110 cm³/mol. The Morgan fingerprint density at radius 2 is 2.00 bits per heavy atom. The lowest BCUT2D eigenvalue weighted by molar-refractivity contribution is -0.126. The summed E-state index contributed by atoms with van der Waals surface area (Å²) in [6.07, 6.45) is 1.69. The zero-order valence-corrected chi connectivity index (χ0v) is 17.9. The van der Waals surface area contributed by atoms with Crippen LogP contribution in [0, 0.1) is 5.92 Å². The molecule has 2 atom stereocenters. The van der Waals surface area contributed by atoms with E-state index in [0.29, 0.717) is 38.0 Å². The number of anilines is 1. The Labute approximate surface area is 177 Å². The first-order valence-electron chi connectivity index (χ1n) is 10.2. The van der Waals surface area contributed by atoms with Crippen molar-refractivity contribution in [3.05, 3.63) is 24.3 Å². The first kappa shape index (κ1) is 22.7. The minimum Gasteiger partial charge on any atom is -0.389 e. The van der Waals surface area contributed by atoms with Gasteiger partial charge in [0, 0.05) is 45.4 Å². The molecule has 10 heteroatoms. The molecule has 2 fully saturated rings. The highest BCUT2D eigenvalue weighted by Crippen LogP contribution is 2.27. The number of rotatable bonds is 8. The lowest BCUT2D eigenvalue weighted by Gasteiger charge is -2.31. The molecule has 2 amide bonds. The number of benzene rings is 1. The molecule has 0 radical (unpaired) electrons. The first-order chi connectivity index (χ1) is 14.3. The van der Waals surface area contributed by atoms with Crippen molar-refractivity contribution in [3.63, 3.8) is 0 Å². The molecule has 2 heterocycles. The summed E-state index contributed by atoms with van der Waals surface area (Å²) in [5.74, 6) is -0.691. The van der Waals surface area contributed by atoms with E-state index < -0.39 is 22.0 Å². The SMILES string of the molecule is COC[C@H](O)CNC(=O)[C@@H]1CCCN(S(=O)(=O)c2ccc(N3CCCC3=O)cc2)C1. The maximum Gasteiger partial charge on any atom is 0.243 e. The second-order valence-electron chi connectivity index (χ2n) is 7.70. The summed E-state index contributed by atoms with van der Waals surface area (Å²) in [5.41, 5.74) is 0.696. The number of aliphatic hydroxyl groups is 1. The molecular weight excluding hydrogens is 410 g/mol. The van der Waals surface area contributed by atoms with E-state index in [9.17, 15) is 23.1 Å². The zero-order valence-electron chi connectivity index (χ0n) is 17.1. The number of sulfonamides is 1. The number of piperidine rings is 1. The number of hydrogen-bond acceptors (Lipinski definition) is 6. The lowest BCUT2D eigenvalue weighted by Crippen LogP contribution is -2.46. The highest BCUT2D eigenvalue weighted by atomic mass is 32.2. The maximum atomic E-state index is 13.1. The second-order valence-corrected chi connectivity index (χ2v) is 9.64. The fourth-order valence-corrected chi connectivity index (χ4v) is 5.38. The van der Waals surface area contributed by atoms with E-state index in [1.165, 1.54) is 23.5 Å². The molecule has 2 aliphatic rings. The van der Waals surface area contributed by atoms with Gasteiger partial charge in [-0.1, -0.05) is 0 Å². The molecule has 30 heavy (non-hydrogen) atoms. The quantitative estimate of drug-likeness (QED) is 0.603. The fourth-order valence-electron chi connectivity index (χ4n) is 3.86.